The number of aliphatic hydroxyl groups excluding tert-OH is 2. The third-order valence-electron chi connectivity index (χ3n) is 5.52. The van der Waals surface area contributed by atoms with E-state index in [2.05, 4.69) is 19.9 Å². The van der Waals surface area contributed by atoms with E-state index < -0.39 is 48.8 Å². The summed E-state index contributed by atoms with van der Waals surface area (Å²) in [7, 11) is 3.50. The molecule has 0 radical (unpaired) electrons. The number of aromatic amines is 1. The lowest BCUT2D eigenvalue weighted by molar-refractivity contribution is -0.173. The van der Waals surface area contributed by atoms with Crippen molar-refractivity contribution in [2.24, 2.45) is 4.99 Å². The third-order valence-corrected chi connectivity index (χ3v) is 5.52. The molecule has 0 spiro atoms. The number of aromatic nitrogens is 4. The molecule has 0 aromatic carbocycles. The van der Waals surface area contributed by atoms with Crippen LogP contribution in [0.25, 0.3) is 11.2 Å². The minimum atomic E-state index is -4.90. The molecule has 206 valence electrons. The zero-order valence-corrected chi connectivity index (χ0v) is 20.3. The zero-order valence-electron chi connectivity index (χ0n) is 20.3. The number of amides is 1. The van der Waals surface area contributed by atoms with Crippen molar-refractivity contribution in [1.29, 1.82) is 0 Å². The minimum Gasteiger partial charge on any atom is -0.394 e. The van der Waals surface area contributed by atoms with Crippen LogP contribution < -0.4 is 10.9 Å². The van der Waals surface area contributed by atoms with Gasteiger partial charge in [-0.2, -0.15) is 18.2 Å². The molecule has 0 saturated carbocycles. The summed E-state index contributed by atoms with van der Waals surface area (Å²) in [4.78, 5) is 39.9. The lowest BCUT2D eigenvalue weighted by Gasteiger charge is -2.22. The Hall–Kier alpha value is -3.08. The van der Waals surface area contributed by atoms with Gasteiger partial charge in [-0.05, 0) is 12.8 Å². The first-order valence-electron chi connectivity index (χ1n) is 11.6. The van der Waals surface area contributed by atoms with Crippen LogP contribution in [0.15, 0.2) is 16.1 Å². The van der Waals surface area contributed by atoms with Crippen molar-refractivity contribution in [3.8, 4) is 0 Å². The number of hydrogen-bond donors (Lipinski definition) is 4. The van der Waals surface area contributed by atoms with Crippen molar-refractivity contribution in [3.63, 3.8) is 0 Å². The van der Waals surface area contributed by atoms with Gasteiger partial charge in [0.2, 0.25) is 5.95 Å². The summed E-state index contributed by atoms with van der Waals surface area (Å²) in [5.41, 5.74) is -0.332. The van der Waals surface area contributed by atoms with Gasteiger partial charge in [-0.3, -0.25) is 19.1 Å². The molecule has 1 amide bonds. The molecular formula is C21H30F3N7O6. The molecule has 2 aromatic rings. The highest BCUT2D eigenvalue weighted by Gasteiger charge is 2.46. The molecule has 1 unspecified atom stereocenters. The number of imidazole rings is 1. The predicted octanol–water partition coefficient (Wildman–Crippen LogP) is 0.216. The average molecular weight is 534 g/mol. The minimum absolute atomic E-state index is 0.0331. The molecule has 1 aliphatic rings. The van der Waals surface area contributed by atoms with E-state index in [-0.39, 0.29) is 30.3 Å². The Kier molecular flexibility index (Phi) is 9.58. The molecule has 3 heterocycles. The fourth-order valence-corrected chi connectivity index (χ4v) is 3.71. The molecule has 1 saturated heterocycles. The number of rotatable bonds is 12. The quantitative estimate of drug-likeness (QED) is 0.169. The van der Waals surface area contributed by atoms with Crippen molar-refractivity contribution in [2.75, 3.05) is 33.9 Å². The van der Waals surface area contributed by atoms with Gasteiger partial charge < -0.3 is 29.9 Å². The highest BCUT2D eigenvalue weighted by atomic mass is 19.4. The van der Waals surface area contributed by atoms with Crippen LogP contribution in [0, 0.1) is 0 Å². The van der Waals surface area contributed by atoms with Crippen LogP contribution in [0.2, 0.25) is 0 Å². The van der Waals surface area contributed by atoms with E-state index in [1.807, 2.05) is 5.32 Å². The molecule has 13 nitrogen and oxygen atoms in total. The lowest BCUT2D eigenvalue weighted by atomic mass is 10.1. The van der Waals surface area contributed by atoms with E-state index in [4.69, 9.17) is 9.47 Å². The second-order valence-corrected chi connectivity index (χ2v) is 8.66. The maximum atomic E-state index is 12.4. The fourth-order valence-electron chi connectivity index (χ4n) is 3.71. The van der Waals surface area contributed by atoms with Gasteiger partial charge in [-0.1, -0.05) is 12.8 Å². The van der Waals surface area contributed by atoms with Crippen LogP contribution in [0.3, 0.4) is 0 Å². The second kappa shape index (κ2) is 12.4. The van der Waals surface area contributed by atoms with Crippen molar-refractivity contribution in [2.45, 2.75) is 56.4 Å². The maximum absolute atomic E-state index is 12.4. The molecule has 4 N–H and O–H groups in total. The van der Waals surface area contributed by atoms with Gasteiger partial charge in [0.25, 0.3) is 5.56 Å². The van der Waals surface area contributed by atoms with E-state index in [1.54, 1.807) is 19.0 Å². The van der Waals surface area contributed by atoms with Gasteiger partial charge in [-0.25, -0.2) is 9.98 Å². The van der Waals surface area contributed by atoms with E-state index >= 15 is 0 Å². The highest BCUT2D eigenvalue weighted by Crippen LogP contribution is 2.33. The number of fused-ring (bicyclic) bond motifs is 1. The molecule has 16 heteroatoms. The van der Waals surface area contributed by atoms with Gasteiger partial charge in [0.1, 0.15) is 18.3 Å². The SMILES string of the molecule is CN(C)/C=N/c1nc2c(ncn2[C@@H]2O[C@H](CO)[C@H](O)C2OCCCCCCNC(=O)C(F)(F)F)c(=O)[nH]1. The van der Waals surface area contributed by atoms with Crippen LogP contribution >= 0.6 is 0 Å². The Morgan fingerprint density at radius 2 is 2.08 bits per heavy atom. The van der Waals surface area contributed by atoms with Gasteiger partial charge in [0.15, 0.2) is 17.4 Å². The van der Waals surface area contributed by atoms with E-state index in [0.717, 1.165) is 0 Å². The second-order valence-electron chi connectivity index (χ2n) is 8.66. The molecule has 4 atom stereocenters. The fraction of sp³-hybridized carbons (Fsp3) is 0.667. The van der Waals surface area contributed by atoms with Crippen LogP contribution in [-0.4, -0.2) is 105 Å². The number of unbranched alkanes of at least 4 members (excludes halogenated alkanes) is 3. The normalized spacial score (nSPS) is 22.2. The van der Waals surface area contributed by atoms with Crippen LogP contribution in [0.5, 0.6) is 0 Å². The van der Waals surface area contributed by atoms with Gasteiger partial charge in [0, 0.05) is 27.2 Å². The summed E-state index contributed by atoms with van der Waals surface area (Å²) < 4.78 is 49.6. The van der Waals surface area contributed by atoms with E-state index in [0.29, 0.717) is 25.7 Å². The smallest absolute Gasteiger partial charge is 0.394 e. The molecule has 3 rings (SSSR count). The topological polar surface area (TPSA) is 167 Å². The maximum Gasteiger partial charge on any atom is 0.471 e. The Morgan fingerprint density at radius 1 is 1.35 bits per heavy atom. The number of alkyl halides is 3. The van der Waals surface area contributed by atoms with Gasteiger partial charge in [-0.15, -0.1) is 0 Å². The number of halogens is 3. The largest absolute Gasteiger partial charge is 0.471 e. The summed E-state index contributed by atoms with van der Waals surface area (Å²) >= 11 is 0. The van der Waals surface area contributed by atoms with Crippen molar-refractivity contribution >= 4 is 29.4 Å². The van der Waals surface area contributed by atoms with Gasteiger partial charge in [0.05, 0.1) is 19.3 Å². The Balaban J connectivity index is 1.62. The number of nitrogens with zero attached hydrogens (tertiary/aromatic N) is 5. The number of nitrogens with one attached hydrogen (secondary N) is 2. The standard InChI is InChI=1S/C21H30F3N7O6/c1-30(2)10-27-20-28-16-13(17(34)29-20)26-11-31(16)18-15(14(33)12(9-32)37-18)36-8-6-4-3-5-7-25-19(35)21(22,23)24/h10-12,14-15,18,32-33H,3-9H2,1-2H3,(H,25,35)(H,28,29,34)/b27-10+/t12-,14+,15?,18-/m1/s1. The van der Waals surface area contributed by atoms with Crippen LogP contribution in [0.1, 0.15) is 31.9 Å². The summed E-state index contributed by atoms with van der Waals surface area (Å²) in [6.07, 6.45) is -4.05. The molecule has 1 fully saturated rings. The monoisotopic (exact) mass is 533 g/mol. The van der Waals surface area contributed by atoms with E-state index in [9.17, 15) is 33.0 Å². The van der Waals surface area contributed by atoms with Crippen molar-refractivity contribution in [3.05, 3.63) is 16.7 Å². The first-order chi connectivity index (χ1) is 17.5. The molecule has 0 bridgehead atoms. The van der Waals surface area contributed by atoms with Gasteiger partial charge >= 0.3 is 12.1 Å². The van der Waals surface area contributed by atoms with Crippen LogP contribution in [-0.2, 0) is 14.3 Å². The molecule has 0 aliphatic carbocycles. The summed E-state index contributed by atoms with van der Waals surface area (Å²) in [6, 6.07) is 0. The molecule has 2 aromatic heterocycles. The number of carbonyl (C=O) groups is 1. The number of aliphatic imine (C=N–C) groups is 1. The number of H-pyrrole nitrogens is 1. The van der Waals surface area contributed by atoms with Crippen LogP contribution in [0.4, 0.5) is 19.1 Å². The van der Waals surface area contributed by atoms with Crippen molar-refractivity contribution in [1.82, 2.24) is 29.7 Å². The first-order valence-corrected chi connectivity index (χ1v) is 11.6. The Labute approximate surface area is 209 Å². The lowest BCUT2D eigenvalue weighted by Crippen LogP contribution is -2.37. The molecule has 1 aliphatic heterocycles. The number of carbonyl (C=O) groups excluding carboxylic acids is 1. The van der Waals surface area contributed by atoms with E-state index in [1.165, 1.54) is 17.2 Å². The summed E-state index contributed by atoms with van der Waals surface area (Å²) in [5.74, 6) is -1.93. The highest BCUT2D eigenvalue weighted by molar-refractivity contribution is 5.81. The summed E-state index contributed by atoms with van der Waals surface area (Å²) in [5, 5.41) is 22.1. The predicted molar refractivity (Wildman–Crippen MR) is 124 cm³/mol. The molecule has 37 heavy (non-hydrogen) atoms. The third kappa shape index (κ3) is 7.24. The summed E-state index contributed by atoms with van der Waals surface area (Å²) in [6.45, 7) is -0.372. The molecular weight excluding hydrogens is 503 g/mol. The zero-order chi connectivity index (χ0) is 27.2. The Bertz CT molecular complexity index is 1140. The number of hydrogen-bond acceptors (Lipinski definition) is 9. The Morgan fingerprint density at radius 3 is 2.76 bits per heavy atom. The first kappa shape index (κ1) is 28.5. The average Bonchev–Trinajstić information content (AvgIpc) is 3.39. The van der Waals surface area contributed by atoms with Crippen molar-refractivity contribution < 1.29 is 37.7 Å². The number of ether oxygens (including phenoxy) is 2. The number of aliphatic hydroxyl groups is 2.